The fraction of sp³-hybridized carbons (Fsp3) is 1.00. The maximum atomic E-state index is 5.45. The molecule has 0 rings (SSSR count). The molecule has 3 radical (unpaired) electrons. The Labute approximate surface area is 89.9 Å². The van der Waals surface area contributed by atoms with Gasteiger partial charge in [0.1, 0.15) is 0 Å². The van der Waals surface area contributed by atoms with Gasteiger partial charge in [-0.25, -0.2) is 0 Å². The lowest BCUT2D eigenvalue weighted by atomic mass is 10.0. The van der Waals surface area contributed by atoms with Crippen molar-refractivity contribution < 1.29 is 9.47 Å². The standard InChI is InChI=1S/C9H21N2O2Si/c1-7(2)9(14,11-6-5-10)8(12-3)13-4/h7-8,11H,5-6,10H2,1-4H3. The predicted molar refractivity (Wildman–Crippen MR) is 58.2 cm³/mol. The van der Waals surface area contributed by atoms with Gasteiger partial charge >= 0.3 is 0 Å². The average molecular weight is 217 g/mol. The molecule has 0 aliphatic carbocycles. The van der Waals surface area contributed by atoms with Gasteiger partial charge in [0, 0.05) is 27.3 Å². The Morgan fingerprint density at radius 3 is 2.14 bits per heavy atom. The smallest absolute Gasteiger partial charge is 0.171 e. The van der Waals surface area contributed by atoms with Crippen LogP contribution in [0.4, 0.5) is 0 Å². The first-order valence-electron chi connectivity index (χ1n) is 4.78. The number of ether oxygens (including phenoxy) is 2. The highest BCUT2D eigenvalue weighted by atomic mass is 28.1. The van der Waals surface area contributed by atoms with Crippen molar-refractivity contribution >= 4 is 10.2 Å². The van der Waals surface area contributed by atoms with Crippen LogP contribution in [0, 0.1) is 5.92 Å². The fourth-order valence-corrected chi connectivity index (χ4v) is 1.67. The second-order valence-electron chi connectivity index (χ2n) is 3.54. The zero-order chi connectivity index (χ0) is 11.2. The van der Waals surface area contributed by atoms with Crippen LogP contribution < -0.4 is 11.1 Å². The molecule has 0 heterocycles. The van der Waals surface area contributed by atoms with E-state index in [1.165, 1.54) is 0 Å². The molecule has 0 aromatic heterocycles. The maximum Gasteiger partial charge on any atom is 0.171 e. The zero-order valence-corrected chi connectivity index (χ0v) is 10.5. The minimum absolute atomic E-state index is 0.315. The molecule has 1 unspecified atom stereocenters. The number of nitrogens with one attached hydrogen (secondary N) is 1. The lowest BCUT2D eigenvalue weighted by molar-refractivity contribution is -0.143. The maximum absolute atomic E-state index is 5.45. The molecule has 83 valence electrons. The largest absolute Gasteiger partial charge is 0.354 e. The second kappa shape index (κ2) is 6.52. The first-order valence-corrected chi connectivity index (χ1v) is 5.28. The van der Waals surface area contributed by atoms with E-state index in [2.05, 4.69) is 29.4 Å². The highest BCUT2D eigenvalue weighted by Gasteiger charge is 2.37. The second-order valence-corrected chi connectivity index (χ2v) is 4.37. The van der Waals surface area contributed by atoms with Gasteiger partial charge in [-0.15, -0.1) is 0 Å². The van der Waals surface area contributed by atoms with Crippen LogP contribution in [0.1, 0.15) is 13.8 Å². The van der Waals surface area contributed by atoms with Crippen LogP contribution in [0.25, 0.3) is 0 Å². The molecule has 0 aromatic rings. The normalized spacial score (nSPS) is 16.3. The third kappa shape index (κ3) is 3.32. The van der Waals surface area contributed by atoms with E-state index in [0.717, 1.165) is 0 Å². The van der Waals surface area contributed by atoms with E-state index in [1.54, 1.807) is 14.2 Å². The van der Waals surface area contributed by atoms with Crippen molar-refractivity contribution in [2.24, 2.45) is 11.7 Å². The van der Waals surface area contributed by atoms with E-state index >= 15 is 0 Å². The van der Waals surface area contributed by atoms with Crippen molar-refractivity contribution in [3.63, 3.8) is 0 Å². The zero-order valence-electron chi connectivity index (χ0n) is 9.46. The molecule has 5 heteroatoms. The van der Waals surface area contributed by atoms with Crippen LogP contribution in [-0.4, -0.2) is 49.0 Å². The number of nitrogens with two attached hydrogens (primary N) is 1. The molecule has 0 saturated carbocycles. The highest BCUT2D eigenvalue weighted by molar-refractivity contribution is 6.16. The molecule has 4 nitrogen and oxygen atoms in total. The van der Waals surface area contributed by atoms with Crippen LogP contribution in [0.15, 0.2) is 0 Å². The molecule has 0 bridgehead atoms. The van der Waals surface area contributed by atoms with Crippen molar-refractivity contribution in [3.8, 4) is 0 Å². The van der Waals surface area contributed by atoms with Crippen LogP contribution in [0.5, 0.6) is 0 Å². The molecule has 0 spiro atoms. The van der Waals surface area contributed by atoms with Gasteiger partial charge in [-0.3, -0.25) is 0 Å². The molecule has 0 aliphatic heterocycles. The summed E-state index contributed by atoms with van der Waals surface area (Å²) in [6, 6.07) is 0. The van der Waals surface area contributed by atoms with E-state index in [-0.39, 0.29) is 6.29 Å². The molecule has 14 heavy (non-hydrogen) atoms. The van der Waals surface area contributed by atoms with Crippen molar-refractivity contribution in [2.75, 3.05) is 27.3 Å². The summed E-state index contributed by atoms with van der Waals surface area (Å²) in [5.74, 6) is 0.315. The minimum atomic E-state index is -0.400. The van der Waals surface area contributed by atoms with Crippen LogP contribution in [-0.2, 0) is 9.47 Å². The Hall–Kier alpha value is 0.0569. The minimum Gasteiger partial charge on any atom is -0.354 e. The quantitative estimate of drug-likeness (QED) is 0.453. The van der Waals surface area contributed by atoms with E-state index in [9.17, 15) is 0 Å². The molecule has 0 fully saturated rings. The SMILES string of the molecule is COC(OC)C([Si])(NCCN)C(C)C. The molecule has 3 N–H and O–H groups in total. The summed E-state index contributed by atoms with van der Waals surface area (Å²) in [6.07, 6.45) is -0.342. The van der Waals surface area contributed by atoms with Crippen molar-refractivity contribution in [1.82, 2.24) is 5.32 Å². The Morgan fingerprint density at radius 2 is 1.86 bits per heavy atom. The monoisotopic (exact) mass is 217 g/mol. The molecular weight excluding hydrogens is 196 g/mol. The van der Waals surface area contributed by atoms with Gasteiger partial charge in [-0.1, -0.05) is 13.8 Å². The third-order valence-corrected chi connectivity index (χ3v) is 3.26. The molecular formula is C9H21N2O2Si. The van der Waals surface area contributed by atoms with E-state index < -0.39 is 5.16 Å². The van der Waals surface area contributed by atoms with Crippen molar-refractivity contribution in [2.45, 2.75) is 25.3 Å². The lowest BCUT2D eigenvalue weighted by Crippen LogP contribution is -2.61. The van der Waals surface area contributed by atoms with Crippen molar-refractivity contribution in [1.29, 1.82) is 0 Å². The van der Waals surface area contributed by atoms with Crippen LogP contribution in [0.2, 0.25) is 0 Å². The summed E-state index contributed by atoms with van der Waals surface area (Å²) in [4.78, 5) is 0. The Kier molecular flexibility index (Phi) is 6.55. The van der Waals surface area contributed by atoms with E-state index in [4.69, 9.17) is 15.2 Å². The summed E-state index contributed by atoms with van der Waals surface area (Å²) in [5, 5.41) is 2.89. The number of rotatable bonds is 7. The molecule has 0 saturated heterocycles. The van der Waals surface area contributed by atoms with Crippen LogP contribution >= 0.6 is 0 Å². The number of hydrogen-bond donors (Lipinski definition) is 2. The average Bonchev–Trinajstić information content (AvgIpc) is 2.16. The van der Waals surface area contributed by atoms with Gasteiger partial charge in [-0.05, 0) is 5.92 Å². The predicted octanol–water partition coefficient (Wildman–Crippen LogP) is -0.326. The Morgan fingerprint density at radius 1 is 1.36 bits per heavy atom. The number of methoxy groups -OCH3 is 2. The summed E-state index contributed by atoms with van der Waals surface area (Å²) in [7, 11) is 6.92. The van der Waals surface area contributed by atoms with Crippen LogP contribution in [0.3, 0.4) is 0 Å². The van der Waals surface area contributed by atoms with Crippen molar-refractivity contribution in [3.05, 3.63) is 0 Å². The van der Waals surface area contributed by atoms with Gasteiger partial charge in [0.2, 0.25) is 0 Å². The summed E-state index contributed by atoms with van der Waals surface area (Å²) in [5.41, 5.74) is 5.45. The van der Waals surface area contributed by atoms with Gasteiger partial charge in [0.15, 0.2) is 6.29 Å². The summed E-state index contributed by atoms with van der Waals surface area (Å²) in [6.45, 7) is 5.47. The van der Waals surface area contributed by atoms with Gasteiger partial charge in [0.05, 0.1) is 15.4 Å². The fourth-order valence-electron chi connectivity index (χ4n) is 1.31. The molecule has 0 amide bonds. The van der Waals surface area contributed by atoms with Gasteiger partial charge < -0.3 is 20.5 Å². The van der Waals surface area contributed by atoms with E-state index in [1.807, 2.05) is 0 Å². The molecule has 0 aliphatic rings. The summed E-state index contributed by atoms with van der Waals surface area (Å²) < 4.78 is 10.5. The lowest BCUT2D eigenvalue weighted by Gasteiger charge is -2.40. The first kappa shape index (κ1) is 14.1. The van der Waals surface area contributed by atoms with Gasteiger partial charge in [0.25, 0.3) is 0 Å². The molecule has 1 atom stereocenters. The Balaban J connectivity index is 4.50. The number of hydrogen-bond acceptors (Lipinski definition) is 4. The third-order valence-electron chi connectivity index (χ3n) is 2.27. The highest BCUT2D eigenvalue weighted by Crippen LogP contribution is 2.20. The Bertz CT molecular complexity index is 154. The van der Waals surface area contributed by atoms with Gasteiger partial charge in [-0.2, -0.15) is 0 Å². The first-order chi connectivity index (χ1) is 6.52. The molecule has 0 aromatic carbocycles. The summed E-state index contributed by atoms with van der Waals surface area (Å²) >= 11 is 0. The topological polar surface area (TPSA) is 56.5 Å². The van der Waals surface area contributed by atoms with E-state index in [0.29, 0.717) is 19.0 Å².